The first kappa shape index (κ1) is 12.7. The molecule has 0 saturated heterocycles. The number of hydrogen-bond acceptors (Lipinski definition) is 4. The summed E-state index contributed by atoms with van der Waals surface area (Å²) in [5, 5.41) is 9.76. The van der Waals surface area contributed by atoms with Crippen LogP contribution in [0.15, 0.2) is 41.1 Å². The van der Waals surface area contributed by atoms with Crippen molar-refractivity contribution in [3.63, 3.8) is 0 Å². The van der Waals surface area contributed by atoms with Crippen LogP contribution in [0.4, 0.5) is 5.82 Å². The predicted molar refractivity (Wildman–Crippen MR) is 79.8 cm³/mol. The van der Waals surface area contributed by atoms with E-state index in [9.17, 15) is 0 Å². The molecule has 20 heavy (non-hydrogen) atoms. The van der Waals surface area contributed by atoms with Gasteiger partial charge in [0.2, 0.25) is 0 Å². The minimum atomic E-state index is 0.0968. The van der Waals surface area contributed by atoms with Crippen LogP contribution >= 0.6 is 0 Å². The van der Waals surface area contributed by atoms with E-state index in [0.29, 0.717) is 0 Å². The molecule has 2 aromatic heterocycles. The smallest absolute Gasteiger partial charge is 0.139 e. The molecule has 0 bridgehead atoms. The summed E-state index contributed by atoms with van der Waals surface area (Å²) in [6, 6.07) is 10.3. The number of pyridine rings is 1. The number of aromatic nitrogens is 2. The van der Waals surface area contributed by atoms with Crippen LogP contribution in [0.1, 0.15) is 30.0 Å². The van der Waals surface area contributed by atoms with E-state index in [1.54, 1.807) is 0 Å². The van der Waals surface area contributed by atoms with Crippen molar-refractivity contribution in [1.29, 1.82) is 0 Å². The summed E-state index contributed by atoms with van der Waals surface area (Å²) in [4.78, 5) is 4.45. The van der Waals surface area contributed by atoms with Gasteiger partial charge in [-0.1, -0.05) is 29.4 Å². The average molecular weight is 267 g/mol. The fourth-order valence-electron chi connectivity index (χ4n) is 2.62. The molecular weight excluding hydrogens is 250 g/mol. The second-order valence-electron chi connectivity index (χ2n) is 4.98. The highest BCUT2D eigenvalue weighted by Gasteiger charge is 2.17. The van der Waals surface area contributed by atoms with Gasteiger partial charge in [0.25, 0.3) is 0 Å². The first-order valence-electron chi connectivity index (χ1n) is 6.70. The normalized spacial score (nSPS) is 12.6. The summed E-state index contributed by atoms with van der Waals surface area (Å²) in [5.41, 5.74) is 2.02. The average Bonchev–Trinajstić information content (AvgIpc) is 2.78. The van der Waals surface area contributed by atoms with Gasteiger partial charge in [-0.2, -0.15) is 0 Å². The SMILES string of the molecule is Cc1noc(C)c1C(C)Nc1nccc2ccccc12. The molecule has 2 heterocycles. The zero-order valence-electron chi connectivity index (χ0n) is 11.8. The number of hydrogen-bond donors (Lipinski definition) is 1. The van der Waals surface area contributed by atoms with Gasteiger partial charge in [-0.15, -0.1) is 0 Å². The van der Waals surface area contributed by atoms with Crippen molar-refractivity contribution < 1.29 is 4.52 Å². The van der Waals surface area contributed by atoms with E-state index in [1.165, 1.54) is 5.39 Å². The minimum absolute atomic E-state index is 0.0968. The van der Waals surface area contributed by atoms with E-state index < -0.39 is 0 Å². The summed E-state index contributed by atoms with van der Waals surface area (Å²) >= 11 is 0. The topological polar surface area (TPSA) is 51.0 Å². The Morgan fingerprint density at radius 3 is 2.70 bits per heavy atom. The Balaban J connectivity index is 1.97. The van der Waals surface area contributed by atoms with Crippen molar-refractivity contribution in [3.05, 3.63) is 53.5 Å². The predicted octanol–water partition coefficient (Wildman–Crippen LogP) is 4.01. The van der Waals surface area contributed by atoms with Crippen molar-refractivity contribution in [2.45, 2.75) is 26.8 Å². The monoisotopic (exact) mass is 267 g/mol. The summed E-state index contributed by atoms with van der Waals surface area (Å²) in [5.74, 6) is 1.73. The fourth-order valence-corrected chi connectivity index (χ4v) is 2.62. The number of nitrogens with zero attached hydrogens (tertiary/aromatic N) is 2. The number of benzene rings is 1. The van der Waals surface area contributed by atoms with E-state index in [0.717, 1.165) is 28.2 Å². The van der Waals surface area contributed by atoms with Gasteiger partial charge in [0.05, 0.1) is 11.7 Å². The van der Waals surface area contributed by atoms with Gasteiger partial charge in [-0.05, 0) is 32.2 Å². The van der Waals surface area contributed by atoms with Crippen molar-refractivity contribution in [2.24, 2.45) is 0 Å². The van der Waals surface area contributed by atoms with Gasteiger partial charge >= 0.3 is 0 Å². The first-order chi connectivity index (χ1) is 9.66. The summed E-state index contributed by atoms with van der Waals surface area (Å²) in [7, 11) is 0. The molecule has 0 spiro atoms. The van der Waals surface area contributed by atoms with Crippen molar-refractivity contribution >= 4 is 16.6 Å². The lowest BCUT2D eigenvalue weighted by Gasteiger charge is -2.15. The molecule has 3 aromatic rings. The maximum absolute atomic E-state index is 5.23. The number of anilines is 1. The fraction of sp³-hybridized carbons (Fsp3) is 0.250. The van der Waals surface area contributed by atoms with Crippen molar-refractivity contribution in [3.8, 4) is 0 Å². The van der Waals surface area contributed by atoms with E-state index in [1.807, 2.05) is 38.2 Å². The van der Waals surface area contributed by atoms with Crippen LogP contribution in [0.2, 0.25) is 0 Å². The standard InChI is InChI=1S/C16H17N3O/c1-10(15-11(2)19-20-12(15)3)18-16-14-7-5-4-6-13(14)8-9-17-16/h4-10H,1-3H3,(H,17,18). The van der Waals surface area contributed by atoms with Crippen molar-refractivity contribution in [1.82, 2.24) is 10.1 Å². The van der Waals surface area contributed by atoms with Crippen LogP contribution in [-0.4, -0.2) is 10.1 Å². The molecule has 1 atom stereocenters. The Morgan fingerprint density at radius 2 is 1.95 bits per heavy atom. The Hall–Kier alpha value is -2.36. The molecule has 0 radical (unpaired) electrons. The molecule has 1 unspecified atom stereocenters. The zero-order chi connectivity index (χ0) is 14.1. The molecule has 0 aliphatic heterocycles. The quantitative estimate of drug-likeness (QED) is 0.779. The lowest BCUT2D eigenvalue weighted by Crippen LogP contribution is -2.09. The Kier molecular flexibility index (Phi) is 3.14. The highest BCUT2D eigenvalue weighted by molar-refractivity contribution is 5.91. The third kappa shape index (κ3) is 2.13. The number of aryl methyl sites for hydroxylation is 2. The first-order valence-corrected chi connectivity index (χ1v) is 6.70. The highest BCUT2D eigenvalue weighted by Crippen LogP contribution is 2.27. The van der Waals surface area contributed by atoms with Crippen LogP contribution in [0.3, 0.4) is 0 Å². The molecule has 102 valence electrons. The number of rotatable bonds is 3. The van der Waals surface area contributed by atoms with E-state index >= 15 is 0 Å². The van der Waals surface area contributed by atoms with Crippen LogP contribution in [0.5, 0.6) is 0 Å². The van der Waals surface area contributed by atoms with Crippen LogP contribution in [0, 0.1) is 13.8 Å². The van der Waals surface area contributed by atoms with Crippen LogP contribution in [-0.2, 0) is 0 Å². The molecule has 4 heteroatoms. The van der Waals surface area contributed by atoms with Gasteiger partial charge in [0, 0.05) is 17.1 Å². The third-order valence-corrected chi connectivity index (χ3v) is 3.55. The van der Waals surface area contributed by atoms with Crippen molar-refractivity contribution in [2.75, 3.05) is 5.32 Å². The lowest BCUT2D eigenvalue weighted by molar-refractivity contribution is 0.392. The molecule has 0 amide bonds. The van der Waals surface area contributed by atoms with Crippen LogP contribution < -0.4 is 5.32 Å². The zero-order valence-corrected chi connectivity index (χ0v) is 11.8. The number of fused-ring (bicyclic) bond motifs is 1. The summed E-state index contributed by atoms with van der Waals surface area (Å²) in [6.07, 6.45) is 1.82. The lowest BCUT2D eigenvalue weighted by atomic mass is 10.1. The Labute approximate surface area is 117 Å². The van der Waals surface area contributed by atoms with E-state index in [-0.39, 0.29) is 6.04 Å². The van der Waals surface area contributed by atoms with Gasteiger partial charge in [-0.3, -0.25) is 0 Å². The largest absolute Gasteiger partial charge is 0.363 e. The minimum Gasteiger partial charge on any atom is -0.363 e. The molecule has 0 fully saturated rings. The molecular formula is C16H17N3O. The van der Waals surface area contributed by atoms with E-state index in [2.05, 4.69) is 34.5 Å². The molecule has 0 saturated carbocycles. The van der Waals surface area contributed by atoms with Gasteiger partial charge in [-0.25, -0.2) is 4.98 Å². The summed E-state index contributed by atoms with van der Waals surface area (Å²) in [6.45, 7) is 5.99. The Morgan fingerprint density at radius 1 is 1.15 bits per heavy atom. The maximum atomic E-state index is 5.23. The second-order valence-corrected chi connectivity index (χ2v) is 4.98. The molecule has 1 N–H and O–H groups in total. The number of nitrogens with one attached hydrogen (secondary N) is 1. The molecule has 3 rings (SSSR count). The molecule has 0 aliphatic rings. The van der Waals surface area contributed by atoms with Gasteiger partial charge < -0.3 is 9.84 Å². The molecule has 1 aromatic carbocycles. The Bertz CT molecular complexity index is 724. The van der Waals surface area contributed by atoms with Gasteiger partial charge in [0.1, 0.15) is 11.6 Å². The second kappa shape index (κ2) is 4.96. The third-order valence-electron chi connectivity index (χ3n) is 3.55. The molecule has 0 aliphatic carbocycles. The summed E-state index contributed by atoms with van der Waals surface area (Å²) < 4.78 is 5.23. The van der Waals surface area contributed by atoms with Crippen LogP contribution in [0.25, 0.3) is 10.8 Å². The molecule has 4 nitrogen and oxygen atoms in total. The highest BCUT2D eigenvalue weighted by atomic mass is 16.5. The van der Waals surface area contributed by atoms with Gasteiger partial charge in [0.15, 0.2) is 0 Å². The van der Waals surface area contributed by atoms with E-state index in [4.69, 9.17) is 4.52 Å². The maximum Gasteiger partial charge on any atom is 0.139 e.